The molecule has 0 N–H and O–H groups in total. The fourth-order valence-corrected chi connectivity index (χ4v) is 3.02. The lowest BCUT2D eigenvalue weighted by Crippen LogP contribution is -2.49. The van der Waals surface area contributed by atoms with E-state index < -0.39 is 0 Å². The average molecular weight is 323 g/mol. The minimum Gasteiger partial charge on any atom is -0.336 e. The van der Waals surface area contributed by atoms with Gasteiger partial charge in [-0.2, -0.15) is 0 Å². The van der Waals surface area contributed by atoms with Crippen molar-refractivity contribution in [1.82, 2.24) is 9.80 Å². The molecule has 1 amide bonds. The summed E-state index contributed by atoms with van der Waals surface area (Å²) in [5, 5.41) is 0. The molecule has 1 aliphatic heterocycles. The van der Waals surface area contributed by atoms with E-state index in [0.29, 0.717) is 0 Å². The lowest BCUT2D eigenvalue weighted by Gasteiger charge is -2.34. The quantitative estimate of drug-likeness (QED) is 0.835. The molecular weight excluding hydrogens is 304 g/mol. The second-order valence-corrected chi connectivity index (χ2v) is 6.38. The van der Waals surface area contributed by atoms with E-state index in [4.69, 9.17) is 0 Å². The molecule has 3 rings (SSSR count). The third kappa shape index (κ3) is 2.84. The predicted octanol–water partition coefficient (Wildman–Crippen LogP) is 2.68. The van der Waals surface area contributed by atoms with Gasteiger partial charge in [0.25, 0.3) is 5.91 Å². The Morgan fingerprint density at radius 2 is 1.89 bits per heavy atom. The lowest BCUT2D eigenvalue weighted by molar-refractivity contribution is 0.0627. The molecule has 2 fully saturated rings. The minimum atomic E-state index is 0.163. The molecule has 0 bridgehead atoms. The Labute approximate surface area is 122 Å². The Balaban J connectivity index is 1.65. The lowest BCUT2D eigenvalue weighted by atomic mass is 10.1. The fourth-order valence-electron chi connectivity index (χ4n) is 2.64. The van der Waals surface area contributed by atoms with Gasteiger partial charge in [-0.05, 0) is 37.5 Å². The number of halogens is 1. The van der Waals surface area contributed by atoms with Gasteiger partial charge < -0.3 is 4.90 Å². The summed E-state index contributed by atoms with van der Waals surface area (Å²) < 4.78 is 1.01. The molecule has 0 aromatic heterocycles. The van der Waals surface area contributed by atoms with Crippen molar-refractivity contribution in [3.8, 4) is 0 Å². The first kappa shape index (κ1) is 13.1. The summed E-state index contributed by atoms with van der Waals surface area (Å²) in [6.07, 6.45) is 2.69. The molecule has 1 aromatic carbocycles. The molecule has 0 radical (unpaired) electrons. The number of hydrogen-bond acceptors (Lipinski definition) is 2. The van der Waals surface area contributed by atoms with E-state index in [0.717, 1.165) is 47.8 Å². The van der Waals surface area contributed by atoms with Gasteiger partial charge in [-0.25, -0.2) is 0 Å². The molecular formula is C15H19BrN2O. The van der Waals surface area contributed by atoms with Crippen molar-refractivity contribution in [2.75, 3.05) is 26.2 Å². The van der Waals surface area contributed by atoms with E-state index in [1.165, 1.54) is 12.8 Å². The van der Waals surface area contributed by atoms with Crippen molar-refractivity contribution in [1.29, 1.82) is 0 Å². The number of carbonyl (C=O) groups is 1. The van der Waals surface area contributed by atoms with Gasteiger partial charge in [-0.15, -0.1) is 0 Å². The van der Waals surface area contributed by atoms with Crippen molar-refractivity contribution in [2.45, 2.75) is 25.8 Å². The van der Waals surface area contributed by atoms with Gasteiger partial charge in [0.15, 0.2) is 0 Å². The molecule has 2 aliphatic rings. The van der Waals surface area contributed by atoms with Crippen molar-refractivity contribution < 1.29 is 4.79 Å². The summed E-state index contributed by atoms with van der Waals surface area (Å²) in [6, 6.07) is 6.67. The van der Waals surface area contributed by atoms with Crippen molar-refractivity contribution in [3.63, 3.8) is 0 Å². The summed E-state index contributed by atoms with van der Waals surface area (Å²) in [4.78, 5) is 16.9. The predicted molar refractivity (Wildman–Crippen MR) is 79.4 cm³/mol. The SMILES string of the molecule is Cc1ccc(C(=O)N2CCN(C3CC3)CC2)cc1Br. The van der Waals surface area contributed by atoms with Crippen LogP contribution < -0.4 is 0 Å². The monoisotopic (exact) mass is 322 g/mol. The van der Waals surface area contributed by atoms with Gasteiger partial charge in [-0.3, -0.25) is 9.69 Å². The van der Waals surface area contributed by atoms with E-state index in [2.05, 4.69) is 20.8 Å². The average Bonchev–Trinajstić information content (AvgIpc) is 3.26. The molecule has 19 heavy (non-hydrogen) atoms. The number of nitrogens with zero attached hydrogens (tertiary/aromatic N) is 2. The Bertz CT molecular complexity index is 491. The van der Waals surface area contributed by atoms with E-state index in [-0.39, 0.29) is 5.91 Å². The van der Waals surface area contributed by atoms with E-state index in [9.17, 15) is 4.79 Å². The first-order chi connectivity index (χ1) is 9.15. The molecule has 0 atom stereocenters. The number of hydrogen-bond donors (Lipinski definition) is 0. The van der Waals surface area contributed by atoms with Gasteiger partial charge in [0.05, 0.1) is 0 Å². The van der Waals surface area contributed by atoms with Crippen LogP contribution in [0.1, 0.15) is 28.8 Å². The van der Waals surface area contributed by atoms with Crippen molar-refractivity contribution in [2.24, 2.45) is 0 Å². The third-order valence-electron chi connectivity index (χ3n) is 4.08. The summed E-state index contributed by atoms with van der Waals surface area (Å²) in [5.74, 6) is 0.163. The van der Waals surface area contributed by atoms with Crippen molar-refractivity contribution in [3.05, 3.63) is 33.8 Å². The Morgan fingerprint density at radius 1 is 1.21 bits per heavy atom. The maximum absolute atomic E-state index is 12.4. The maximum atomic E-state index is 12.4. The zero-order valence-electron chi connectivity index (χ0n) is 11.2. The highest BCUT2D eigenvalue weighted by atomic mass is 79.9. The molecule has 1 aliphatic carbocycles. The van der Waals surface area contributed by atoms with E-state index in [1.54, 1.807) is 0 Å². The van der Waals surface area contributed by atoms with Crippen LogP contribution in [0, 0.1) is 6.92 Å². The Hall–Kier alpha value is -0.870. The van der Waals surface area contributed by atoms with E-state index >= 15 is 0 Å². The summed E-state index contributed by atoms with van der Waals surface area (Å²) in [5.41, 5.74) is 1.95. The highest BCUT2D eigenvalue weighted by Gasteiger charge is 2.32. The van der Waals surface area contributed by atoms with Crippen LogP contribution >= 0.6 is 15.9 Å². The first-order valence-electron chi connectivity index (χ1n) is 6.94. The molecule has 1 aromatic rings. The van der Waals surface area contributed by atoms with Crippen LogP contribution in [0.3, 0.4) is 0 Å². The van der Waals surface area contributed by atoms with Crippen LogP contribution in [0.25, 0.3) is 0 Å². The normalized spacial score (nSPS) is 20.6. The van der Waals surface area contributed by atoms with Gasteiger partial charge in [0.2, 0.25) is 0 Å². The van der Waals surface area contributed by atoms with Crippen molar-refractivity contribution >= 4 is 21.8 Å². The van der Waals surface area contributed by atoms with E-state index in [1.807, 2.05) is 30.0 Å². The number of aryl methyl sites for hydroxylation is 1. The maximum Gasteiger partial charge on any atom is 0.253 e. The highest BCUT2D eigenvalue weighted by Crippen LogP contribution is 2.27. The molecule has 102 valence electrons. The zero-order valence-corrected chi connectivity index (χ0v) is 12.8. The second-order valence-electron chi connectivity index (χ2n) is 5.52. The molecule has 1 heterocycles. The minimum absolute atomic E-state index is 0.163. The number of piperazine rings is 1. The van der Waals surface area contributed by atoms with Gasteiger partial charge in [0, 0.05) is 42.3 Å². The number of benzene rings is 1. The van der Waals surface area contributed by atoms with Crippen LogP contribution in [-0.2, 0) is 0 Å². The zero-order chi connectivity index (χ0) is 13.4. The standard InChI is InChI=1S/C15H19BrN2O/c1-11-2-3-12(10-14(11)16)15(19)18-8-6-17(7-9-18)13-4-5-13/h2-3,10,13H,4-9H2,1H3. The number of carbonyl (C=O) groups excluding carboxylic acids is 1. The summed E-state index contributed by atoms with van der Waals surface area (Å²) in [6.45, 7) is 5.82. The molecule has 1 saturated carbocycles. The smallest absolute Gasteiger partial charge is 0.253 e. The first-order valence-corrected chi connectivity index (χ1v) is 7.74. The van der Waals surface area contributed by atoms with Gasteiger partial charge in [0.1, 0.15) is 0 Å². The van der Waals surface area contributed by atoms with Crippen LogP contribution in [0.15, 0.2) is 22.7 Å². The van der Waals surface area contributed by atoms with Crippen LogP contribution in [0.4, 0.5) is 0 Å². The fraction of sp³-hybridized carbons (Fsp3) is 0.533. The Morgan fingerprint density at radius 3 is 2.47 bits per heavy atom. The van der Waals surface area contributed by atoms with Crippen LogP contribution in [-0.4, -0.2) is 47.9 Å². The third-order valence-corrected chi connectivity index (χ3v) is 4.94. The molecule has 3 nitrogen and oxygen atoms in total. The largest absolute Gasteiger partial charge is 0.336 e. The second kappa shape index (κ2) is 5.25. The molecule has 0 spiro atoms. The topological polar surface area (TPSA) is 23.6 Å². The molecule has 4 heteroatoms. The number of amides is 1. The van der Waals surface area contributed by atoms with Gasteiger partial charge >= 0.3 is 0 Å². The summed E-state index contributed by atoms with van der Waals surface area (Å²) >= 11 is 3.50. The van der Waals surface area contributed by atoms with Crippen LogP contribution in [0.2, 0.25) is 0 Å². The van der Waals surface area contributed by atoms with Gasteiger partial charge in [-0.1, -0.05) is 22.0 Å². The summed E-state index contributed by atoms with van der Waals surface area (Å²) in [7, 11) is 0. The molecule has 1 saturated heterocycles. The molecule has 0 unspecified atom stereocenters. The van der Waals surface area contributed by atoms with Crippen LogP contribution in [0.5, 0.6) is 0 Å². The highest BCUT2D eigenvalue weighted by molar-refractivity contribution is 9.10. The number of rotatable bonds is 2. The Kier molecular flexibility index (Phi) is 3.63.